The Morgan fingerprint density at radius 1 is 1.28 bits per heavy atom. The molecule has 0 saturated heterocycles. The van der Waals surface area contributed by atoms with E-state index in [1.165, 1.54) is 17.0 Å². The lowest BCUT2D eigenvalue weighted by molar-refractivity contribution is -0.386. The molecule has 0 saturated carbocycles. The van der Waals surface area contributed by atoms with Crippen molar-refractivity contribution in [3.8, 4) is 5.75 Å². The highest BCUT2D eigenvalue weighted by atomic mass is 79.9. The number of nitrogens with zero attached hydrogens (tertiary/aromatic N) is 4. The molecular formula is C22H22Br2N4O4. The average Bonchev–Trinajstić information content (AvgIpc) is 2.75. The van der Waals surface area contributed by atoms with Crippen molar-refractivity contribution in [3.05, 3.63) is 71.1 Å². The lowest BCUT2D eigenvalue weighted by atomic mass is 10.2. The van der Waals surface area contributed by atoms with Crippen LogP contribution in [0.15, 0.2) is 49.2 Å². The van der Waals surface area contributed by atoms with Gasteiger partial charge in [0.25, 0.3) is 5.56 Å². The maximum absolute atomic E-state index is 13.1. The lowest BCUT2D eigenvalue weighted by Gasteiger charge is -2.14. The fourth-order valence-corrected chi connectivity index (χ4v) is 3.96. The van der Waals surface area contributed by atoms with E-state index in [0.717, 1.165) is 10.9 Å². The van der Waals surface area contributed by atoms with E-state index >= 15 is 0 Å². The van der Waals surface area contributed by atoms with Crippen LogP contribution in [0.1, 0.15) is 45.0 Å². The molecule has 3 aromatic rings. The molecule has 1 heterocycles. The number of hydrogen-bond acceptors (Lipinski definition) is 6. The molecule has 0 aliphatic carbocycles. The Hall–Kier alpha value is -2.59. The minimum atomic E-state index is -0.496. The monoisotopic (exact) mass is 564 g/mol. The van der Waals surface area contributed by atoms with Crippen LogP contribution >= 0.6 is 31.9 Å². The zero-order valence-electron chi connectivity index (χ0n) is 17.8. The molecular weight excluding hydrogens is 544 g/mol. The highest BCUT2D eigenvalue weighted by Gasteiger charge is 2.21. The molecule has 0 aliphatic rings. The van der Waals surface area contributed by atoms with Crippen LogP contribution in [-0.2, 0) is 6.42 Å². The van der Waals surface area contributed by atoms with Crippen LogP contribution in [0.5, 0.6) is 5.75 Å². The Morgan fingerprint density at radius 2 is 2.03 bits per heavy atom. The van der Waals surface area contributed by atoms with Crippen molar-refractivity contribution < 1.29 is 9.66 Å². The molecule has 1 aromatic heterocycles. The molecule has 10 heteroatoms. The Bertz CT molecular complexity index is 1260. The highest BCUT2D eigenvalue weighted by Crippen LogP contribution is 2.37. The predicted octanol–water partition coefficient (Wildman–Crippen LogP) is 5.84. The Balaban J connectivity index is 2.10. The number of hydrogen-bond donors (Lipinski definition) is 0. The van der Waals surface area contributed by atoms with Gasteiger partial charge in [-0.05, 0) is 60.0 Å². The maximum atomic E-state index is 13.1. The fourth-order valence-electron chi connectivity index (χ4n) is 3.03. The molecule has 0 radical (unpaired) electrons. The molecule has 0 fully saturated rings. The van der Waals surface area contributed by atoms with Crippen molar-refractivity contribution in [1.29, 1.82) is 0 Å². The van der Waals surface area contributed by atoms with Crippen LogP contribution in [0.25, 0.3) is 10.9 Å². The summed E-state index contributed by atoms with van der Waals surface area (Å²) >= 11 is 6.75. The van der Waals surface area contributed by atoms with Crippen molar-refractivity contribution in [3.63, 3.8) is 0 Å². The third-order valence-corrected chi connectivity index (χ3v) is 5.89. The van der Waals surface area contributed by atoms with Crippen molar-refractivity contribution in [1.82, 2.24) is 9.66 Å². The quantitative estimate of drug-likeness (QED) is 0.194. The van der Waals surface area contributed by atoms with Crippen LogP contribution in [0.2, 0.25) is 0 Å². The van der Waals surface area contributed by atoms with Crippen LogP contribution in [0.4, 0.5) is 5.69 Å². The predicted molar refractivity (Wildman–Crippen MR) is 132 cm³/mol. The Labute approximate surface area is 201 Å². The van der Waals surface area contributed by atoms with Gasteiger partial charge in [0.1, 0.15) is 5.82 Å². The first kappa shape index (κ1) is 24.1. The normalized spacial score (nSPS) is 12.4. The second kappa shape index (κ2) is 10.4. The molecule has 0 amide bonds. The summed E-state index contributed by atoms with van der Waals surface area (Å²) in [6.07, 6.45) is 3.28. The van der Waals surface area contributed by atoms with Gasteiger partial charge in [0.2, 0.25) is 5.75 Å². The summed E-state index contributed by atoms with van der Waals surface area (Å²) in [5, 5.41) is 16.4. The van der Waals surface area contributed by atoms with Crippen molar-refractivity contribution in [2.24, 2.45) is 5.10 Å². The molecule has 2 aromatic carbocycles. The van der Waals surface area contributed by atoms with Crippen LogP contribution in [0, 0.1) is 10.1 Å². The molecule has 0 spiro atoms. The topological polar surface area (TPSA) is 99.6 Å². The number of nitro groups is 1. The minimum Gasteiger partial charge on any atom is -0.483 e. The summed E-state index contributed by atoms with van der Waals surface area (Å²) in [5.41, 5.74) is 0.561. The van der Waals surface area contributed by atoms with Crippen LogP contribution < -0.4 is 10.3 Å². The fraction of sp³-hybridized carbons (Fsp3) is 0.318. The summed E-state index contributed by atoms with van der Waals surface area (Å²) in [5.74, 6) is 0.691. The van der Waals surface area contributed by atoms with Crippen LogP contribution in [0.3, 0.4) is 0 Å². The lowest BCUT2D eigenvalue weighted by Crippen LogP contribution is -2.22. The van der Waals surface area contributed by atoms with Gasteiger partial charge in [-0.15, -0.1) is 0 Å². The van der Waals surface area contributed by atoms with Gasteiger partial charge in [-0.1, -0.05) is 29.8 Å². The molecule has 3 rings (SSSR count). The average molecular weight is 566 g/mol. The number of rotatable bonds is 8. The van der Waals surface area contributed by atoms with Gasteiger partial charge in [0.05, 0.1) is 32.6 Å². The molecule has 0 N–H and O–H groups in total. The van der Waals surface area contributed by atoms with E-state index in [4.69, 9.17) is 4.74 Å². The number of aryl methyl sites for hydroxylation is 1. The van der Waals surface area contributed by atoms with Gasteiger partial charge in [0.15, 0.2) is 0 Å². The molecule has 32 heavy (non-hydrogen) atoms. The van der Waals surface area contributed by atoms with Gasteiger partial charge in [0, 0.05) is 22.5 Å². The van der Waals surface area contributed by atoms with Crippen LogP contribution in [-0.4, -0.2) is 26.9 Å². The SMILES string of the molecule is CCCc1nc2ccc(Br)cc2c(=O)n1N=Cc1cc(Br)c(O[C@@H](C)CC)c([N+](=O)[O-])c1. The third kappa shape index (κ3) is 5.24. The van der Waals surface area contributed by atoms with E-state index in [9.17, 15) is 14.9 Å². The first-order valence-corrected chi connectivity index (χ1v) is 11.7. The molecule has 8 nitrogen and oxygen atoms in total. The number of fused-ring (bicyclic) bond motifs is 1. The van der Waals surface area contributed by atoms with Crippen molar-refractivity contribution in [2.45, 2.75) is 46.1 Å². The Morgan fingerprint density at radius 3 is 2.69 bits per heavy atom. The number of halogens is 2. The van der Waals surface area contributed by atoms with Gasteiger partial charge in [-0.3, -0.25) is 14.9 Å². The van der Waals surface area contributed by atoms with E-state index < -0.39 is 4.92 Å². The smallest absolute Gasteiger partial charge is 0.312 e. The standard InChI is InChI=1S/C22H22Br2N4O4/c1-4-6-20-26-18-8-7-15(23)11-16(18)22(29)27(20)25-12-14-9-17(24)21(32-13(3)5-2)19(10-14)28(30)31/h7-13H,4-6H2,1-3H3/t13-/m0/s1. The van der Waals surface area contributed by atoms with E-state index in [0.29, 0.717) is 39.6 Å². The Kier molecular flexibility index (Phi) is 7.78. The molecule has 168 valence electrons. The summed E-state index contributed by atoms with van der Waals surface area (Å²) in [6, 6.07) is 8.36. The van der Waals surface area contributed by atoms with Gasteiger partial charge >= 0.3 is 5.69 Å². The van der Waals surface area contributed by atoms with E-state index in [1.54, 1.807) is 18.2 Å². The summed E-state index contributed by atoms with van der Waals surface area (Å²) < 4.78 is 8.19. The van der Waals surface area contributed by atoms with Crippen molar-refractivity contribution in [2.75, 3.05) is 0 Å². The minimum absolute atomic E-state index is 0.169. The zero-order chi connectivity index (χ0) is 23.4. The molecule has 1 atom stereocenters. The zero-order valence-corrected chi connectivity index (χ0v) is 21.0. The first-order chi connectivity index (χ1) is 15.2. The van der Waals surface area contributed by atoms with Gasteiger partial charge in [-0.25, -0.2) is 4.98 Å². The molecule has 0 bridgehead atoms. The molecule has 0 unspecified atom stereocenters. The van der Waals surface area contributed by atoms with E-state index in [1.807, 2.05) is 26.8 Å². The van der Waals surface area contributed by atoms with Gasteiger partial charge < -0.3 is 4.74 Å². The number of ether oxygens (including phenoxy) is 1. The van der Waals surface area contributed by atoms with E-state index in [2.05, 4.69) is 41.9 Å². The highest BCUT2D eigenvalue weighted by molar-refractivity contribution is 9.10. The largest absolute Gasteiger partial charge is 0.483 e. The summed E-state index contributed by atoms with van der Waals surface area (Å²) in [6.45, 7) is 5.77. The van der Waals surface area contributed by atoms with Gasteiger partial charge in [-0.2, -0.15) is 9.78 Å². The first-order valence-electron chi connectivity index (χ1n) is 10.1. The number of aromatic nitrogens is 2. The maximum Gasteiger partial charge on any atom is 0.312 e. The summed E-state index contributed by atoms with van der Waals surface area (Å²) in [7, 11) is 0. The third-order valence-electron chi connectivity index (χ3n) is 4.81. The van der Waals surface area contributed by atoms with Crippen molar-refractivity contribution >= 4 is 54.7 Å². The summed E-state index contributed by atoms with van der Waals surface area (Å²) in [4.78, 5) is 28.8. The molecule has 0 aliphatic heterocycles. The number of nitro benzene ring substituents is 1. The van der Waals surface area contributed by atoms with E-state index in [-0.39, 0.29) is 23.1 Å². The second-order valence-corrected chi connectivity index (χ2v) is 9.02. The second-order valence-electron chi connectivity index (χ2n) is 7.25. The number of benzene rings is 2.